The summed E-state index contributed by atoms with van der Waals surface area (Å²) >= 11 is 1.52. The Bertz CT molecular complexity index is 623. The van der Waals surface area contributed by atoms with E-state index in [9.17, 15) is 4.79 Å². The van der Waals surface area contributed by atoms with Crippen LogP contribution in [0.15, 0.2) is 35.5 Å². The molecule has 2 aromatic rings. The summed E-state index contributed by atoms with van der Waals surface area (Å²) in [7, 11) is 0. The number of thioether (sulfide) groups is 1. The van der Waals surface area contributed by atoms with Gasteiger partial charge in [0, 0.05) is 11.8 Å². The fourth-order valence-electron chi connectivity index (χ4n) is 1.52. The van der Waals surface area contributed by atoms with Crippen LogP contribution in [0.4, 0.5) is 0 Å². The Labute approximate surface area is 126 Å². The van der Waals surface area contributed by atoms with Gasteiger partial charge in [-0.3, -0.25) is 5.10 Å². The quantitative estimate of drug-likeness (QED) is 0.464. The van der Waals surface area contributed by atoms with E-state index < -0.39 is 5.97 Å². The van der Waals surface area contributed by atoms with Crippen LogP contribution in [0.3, 0.4) is 0 Å². The molecule has 6 nitrogen and oxygen atoms in total. The summed E-state index contributed by atoms with van der Waals surface area (Å²) in [6, 6.07) is 7.23. The maximum atomic E-state index is 10.4. The molecule has 1 heterocycles. The van der Waals surface area contributed by atoms with E-state index >= 15 is 0 Å². The van der Waals surface area contributed by atoms with Gasteiger partial charge in [-0.15, -0.1) is 5.10 Å². The molecule has 1 aromatic carbocycles. The van der Waals surface area contributed by atoms with E-state index in [0.717, 1.165) is 29.0 Å². The molecule has 21 heavy (non-hydrogen) atoms. The molecule has 0 radical (unpaired) electrons. The van der Waals surface area contributed by atoms with Gasteiger partial charge < -0.3 is 9.84 Å². The molecule has 7 heteroatoms. The highest BCUT2D eigenvalue weighted by molar-refractivity contribution is 7.99. The third-order valence-electron chi connectivity index (χ3n) is 2.46. The third-order valence-corrected chi connectivity index (χ3v) is 3.27. The second kappa shape index (κ2) is 7.49. The number of hydrogen-bond acceptors (Lipinski definition) is 5. The summed E-state index contributed by atoms with van der Waals surface area (Å²) in [4.78, 5) is 14.6. The van der Waals surface area contributed by atoms with Crippen LogP contribution in [0.25, 0.3) is 6.08 Å². The largest absolute Gasteiger partial charge is 0.493 e. The Hall–Kier alpha value is -2.28. The van der Waals surface area contributed by atoms with Gasteiger partial charge in [0.25, 0.3) is 0 Å². The summed E-state index contributed by atoms with van der Waals surface area (Å²) in [6.07, 6.45) is 2.64. The van der Waals surface area contributed by atoms with Gasteiger partial charge in [-0.25, -0.2) is 9.78 Å². The Morgan fingerprint density at radius 2 is 2.19 bits per heavy atom. The summed E-state index contributed by atoms with van der Waals surface area (Å²) in [6.45, 7) is 2.40. The molecule has 0 unspecified atom stereocenters. The molecular formula is C14H15N3O3S. The normalized spacial score (nSPS) is 10.9. The minimum atomic E-state index is -0.963. The molecule has 0 aliphatic rings. The van der Waals surface area contributed by atoms with E-state index in [1.165, 1.54) is 17.8 Å². The van der Waals surface area contributed by atoms with E-state index in [2.05, 4.69) is 15.2 Å². The van der Waals surface area contributed by atoms with Crippen LogP contribution >= 0.6 is 11.8 Å². The zero-order chi connectivity index (χ0) is 15.1. The number of ether oxygens (including phenoxy) is 1. The molecule has 0 atom stereocenters. The number of nitrogens with one attached hydrogen (secondary N) is 1. The molecule has 2 rings (SSSR count). The van der Waals surface area contributed by atoms with Gasteiger partial charge in [0.1, 0.15) is 11.6 Å². The topological polar surface area (TPSA) is 88.1 Å². The lowest BCUT2D eigenvalue weighted by Gasteiger charge is -2.05. The highest BCUT2D eigenvalue weighted by Crippen LogP contribution is 2.15. The standard InChI is InChI=1S/C14H15N3O3S/c1-10-15-14(17-16-10)21-9-8-20-12-5-2-11(3-6-12)4-7-13(18)19/h2-7H,8-9H2,1H3,(H,18,19)(H,15,16,17). The Morgan fingerprint density at radius 3 is 2.81 bits per heavy atom. The number of aromatic nitrogens is 3. The van der Waals surface area contributed by atoms with E-state index in [1.807, 2.05) is 19.1 Å². The van der Waals surface area contributed by atoms with E-state index in [0.29, 0.717) is 11.8 Å². The van der Waals surface area contributed by atoms with Gasteiger partial charge in [-0.1, -0.05) is 23.9 Å². The Morgan fingerprint density at radius 1 is 1.43 bits per heavy atom. The summed E-state index contributed by atoms with van der Waals surface area (Å²) in [5.74, 6) is 1.32. The van der Waals surface area contributed by atoms with Crippen molar-refractivity contribution in [3.05, 3.63) is 41.7 Å². The number of aromatic amines is 1. The molecule has 0 saturated carbocycles. The first-order valence-electron chi connectivity index (χ1n) is 6.29. The van der Waals surface area contributed by atoms with Crippen molar-refractivity contribution in [1.29, 1.82) is 0 Å². The fourth-order valence-corrected chi connectivity index (χ4v) is 2.18. The van der Waals surface area contributed by atoms with Crippen LogP contribution < -0.4 is 4.74 Å². The van der Waals surface area contributed by atoms with Crippen molar-refractivity contribution in [2.24, 2.45) is 0 Å². The number of carboxylic acids is 1. The smallest absolute Gasteiger partial charge is 0.328 e. The lowest BCUT2D eigenvalue weighted by molar-refractivity contribution is -0.131. The minimum absolute atomic E-state index is 0.544. The van der Waals surface area contributed by atoms with Crippen molar-refractivity contribution in [2.45, 2.75) is 12.1 Å². The lowest BCUT2D eigenvalue weighted by Crippen LogP contribution is -2.00. The zero-order valence-corrected chi connectivity index (χ0v) is 12.3. The molecule has 0 aliphatic carbocycles. The molecule has 2 N–H and O–H groups in total. The monoisotopic (exact) mass is 305 g/mol. The molecule has 110 valence electrons. The number of carboxylic acid groups (broad SMARTS) is 1. The van der Waals surface area contributed by atoms with Gasteiger partial charge in [-0.2, -0.15) is 0 Å². The van der Waals surface area contributed by atoms with Crippen molar-refractivity contribution in [1.82, 2.24) is 15.2 Å². The number of H-pyrrole nitrogens is 1. The third kappa shape index (κ3) is 5.31. The summed E-state index contributed by atoms with van der Waals surface area (Å²) in [5.41, 5.74) is 0.815. The van der Waals surface area contributed by atoms with Crippen LogP contribution in [-0.4, -0.2) is 38.6 Å². The van der Waals surface area contributed by atoms with Crippen molar-refractivity contribution in [2.75, 3.05) is 12.4 Å². The maximum absolute atomic E-state index is 10.4. The highest BCUT2D eigenvalue weighted by Gasteiger charge is 2.00. The Kier molecular flexibility index (Phi) is 5.39. The van der Waals surface area contributed by atoms with E-state index in [4.69, 9.17) is 9.84 Å². The Balaban J connectivity index is 1.74. The average molecular weight is 305 g/mol. The molecule has 0 spiro atoms. The van der Waals surface area contributed by atoms with Gasteiger partial charge in [0.05, 0.1) is 6.61 Å². The molecule has 0 saturated heterocycles. The van der Waals surface area contributed by atoms with Crippen molar-refractivity contribution in [3.8, 4) is 5.75 Å². The summed E-state index contributed by atoms with van der Waals surface area (Å²) < 4.78 is 5.59. The molecule has 0 bridgehead atoms. The van der Waals surface area contributed by atoms with Crippen LogP contribution in [-0.2, 0) is 4.79 Å². The number of benzene rings is 1. The van der Waals surface area contributed by atoms with Crippen molar-refractivity contribution < 1.29 is 14.6 Å². The van der Waals surface area contributed by atoms with Gasteiger partial charge in [0.2, 0.25) is 5.16 Å². The van der Waals surface area contributed by atoms with Gasteiger partial charge >= 0.3 is 5.97 Å². The molecular weight excluding hydrogens is 290 g/mol. The number of rotatable bonds is 7. The predicted octanol–water partition coefficient (Wildman–Crippen LogP) is 2.38. The fraction of sp³-hybridized carbons (Fsp3) is 0.214. The second-order valence-electron chi connectivity index (χ2n) is 4.14. The highest BCUT2D eigenvalue weighted by atomic mass is 32.2. The molecule has 0 amide bonds. The minimum Gasteiger partial charge on any atom is -0.493 e. The van der Waals surface area contributed by atoms with Gasteiger partial charge in [-0.05, 0) is 30.7 Å². The molecule has 1 aromatic heterocycles. The van der Waals surface area contributed by atoms with E-state index in [1.54, 1.807) is 12.1 Å². The van der Waals surface area contributed by atoms with Crippen molar-refractivity contribution in [3.63, 3.8) is 0 Å². The maximum Gasteiger partial charge on any atom is 0.328 e. The first-order valence-corrected chi connectivity index (χ1v) is 7.28. The number of nitrogens with zero attached hydrogens (tertiary/aromatic N) is 2. The van der Waals surface area contributed by atoms with Crippen LogP contribution in [0.2, 0.25) is 0 Å². The summed E-state index contributed by atoms with van der Waals surface area (Å²) in [5, 5.41) is 16.1. The SMILES string of the molecule is Cc1nc(SCCOc2ccc(C=CC(=O)O)cc2)n[nH]1. The first-order chi connectivity index (χ1) is 10.1. The first kappa shape index (κ1) is 15.1. The second-order valence-corrected chi connectivity index (χ2v) is 5.20. The number of aryl methyl sites for hydroxylation is 1. The predicted molar refractivity (Wildman–Crippen MR) is 80.5 cm³/mol. The van der Waals surface area contributed by atoms with Crippen LogP contribution in [0.5, 0.6) is 5.75 Å². The number of carbonyl (C=O) groups is 1. The lowest BCUT2D eigenvalue weighted by atomic mass is 10.2. The van der Waals surface area contributed by atoms with Crippen LogP contribution in [0, 0.1) is 6.92 Å². The molecule has 0 aliphatic heterocycles. The zero-order valence-electron chi connectivity index (χ0n) is 11.4. The number of hydrogen-bond donors (Lipinski definition) is 2. The van der Waals surface area contributed by atoms with Crippen molar-refractivity contribution >= 4 is 23.8 Å². The number of aliphatic carboxylic acids is 1. The van der Waals surface area contributed by atoms with E-state index in [-0.39, 0.29) is 0 Å². The average Bonchev–Trinajstić information content (AvgIpc) is 2.88. The van der Waals surface area contributed by atoms with Crippen LogP contribution in [0.1, 0.15) is 11.4 Å². The van der Waals surface area contributed by atoms with Gasteiger partial charge in [0.15, 0.2) is 0 Å². The molecule has 0 fully saturated rings.